The van der Waals surface area contributed by atoms with Gasteiger partial charge < -0.3 is 10.4 Å². The van der Waals surface area contributed by atoms with Crippen molar-refractivity contribution in [3.63, 3.8) is 0 Å². The lowest BCUT2D eigenvalue weighted by Gasteiger charge is -2.12. The molecule has 1 aromatic heterocycles. The maximum absolute atomic E-state index is 9.13. The Morgan fingerprint density at radius 2 is 2.12 bits per heavy atom. The molecule has 0 aliphatic rings. The summed E-state index contributed by atoms with van der Waals surface area (Å²) in [4.78, 5) is 0. The molecule has 0 radical (unpaired) electrons. The van der Waals surface area contributed by atoms with Gasteiger partial charge in [-0.3, -0.25) is 4.68 Å². The number of nitrogens with zero attached hydrogens (tertiary/aromatic N) is 2. The van der Waals surface area contributed by atoms with Gasteiger partial charge in [0.1, 0.15) is 0 Å². The number of aliphatic hydroxyl groups is 1. The topological polar surface area (TPSA) is 50.1 Å². The molecule has 1 unspecified atom stereocenters. The third-order valence-corrected chi connectivity index (χ3v) is 3.03. The smallest absolute Gasteiger partial charge is 0.0762 e. The van der Waals surface area contributed by atoms with E-state index in [0.29, 0.717) is 6.04 Å². The summed E-state index contributed by atoms with van der Waals surface area (Å²) in [6, 6.07) is 2.58. The molecule has 1 atom stereocenters. The lowest BCUT2D eigenvalue weighted by molar-refractivity contribution is 0.183. The molecule has 0 aromatic carbocycles. The van der Waals surface area contributed by atoms with Gasteiger partial charge in [-0.25, -0.2) is 0 Å². The van der Waals surface area contributed by atoms with Crippen molar-refractivity contribution in [2.75, 3.05) is 6.54 Å². The molecule has 4 heteroatoms. The van der Waals surface area contributed by atoms with Gasteiger partial charge in [0, 0.05) is 12.7 Å². The maximum Gasteiger partial charge on any atom is 0.0762 e. The standard InChI is InChI=1S/C13H25N3O/c1-4-13(5-2)16-9-7-12(15-16)10-14-8-6-11(3)17/h7,9,11,13-14,17H,4-6,8,10H2,1-3H3. The molecule has 1 rings (SSSR count). The fraction of sp³-hybridized carbons (Fsp3) is 0.769. The minimum atomic E-state index is -0.232. The Morgan fingerprint density at radius 1 is 1.41 bits per heavy atom. The Hall–Kier alpha value is -0.870. The van der Waals surface area contributed by atoms with Crippen molar-refractivity contribution in [3.05, 3.63) is 18.0 Å². The number of hydrogen-bond donors (Lipinski definition) is 2. The molecule has 0 aliphatic carbocycles. The molecule has 98 valence electrons. The Kier molecular flexibility index (Phi) is 6.22. The van der Waals surface area contributed by atoms with E-state index in [1.54, 1.807) is 0 Å². The molecule has 0 aliphatic heterocycles. The lowest BCUT2D eigenvalue weighted by Crippen LogP contribution is -2.19. The third-order valence-electron chi connectivity index (χ3n) is 3.03. The summed E-state index contributed by atoms with van der Waals surface area (Å²) >= 11 is 0. The second-order valence-electron chi connectivity index (χ2n) is 4.57. The van der Waals surface area contributed by atoms with Crippen LogP contribution >= 0.6 is 0 Å². The van der Waals surface area contributed by atoms with Crippen LogP contribution < -0.4 is 5.32 Å². The van der Waals surface area contributed by atoms with Crippen LogP contribution in [0.5, 0.6) is 0 Å². The molecule has 0 fully saturated rings. The average Bonchev–Trinajstić information content (AvgIpc) is 2.75. The van der Waals surface area contributed by atoms with E-state index in [4.69, 9.17) is 5.11 Å². The summed E-state index contributed by atoms with van der Waals surface area (Å²) < 4.78 is 2.06. The maximum atomic E-state index is 9.13. The van der Waals surface area contributed by atoms with Gasteiger partial charge >= 0.3 is 0 Å². The van der Waals surface area contributed by atoms with E-state index in [1.165, 1.54) is 0 Å². The molecule has 0 saturated heterocycles. The number of aromatic nitrogens is 2. The van der Waals surface area contributed by atoms with Gasteiger partial charge in [-0.05, 0) is 38.8 Å². The Morgan fingerprint density at radius 3 is 2.71 bits per heavy atom. The van der Waals surface area contributed by atoms with Crippen molar-refractivity contribution in [1.29, 1.82) is 0 Å². The summed E-state index contributed by atoms with van der Waals surface area (Å²) in [7, 11) is 0. The fourth-order valence-corrected chi connectivity index (χ4v) is 1.87. The summed E-state index contributed by atoms with van der Waals surface area (Å²) in [6.45, 7) is 7.80. The first-order chi connectivity index (χ1) is 8.17. The van der Waals surface area contributed by atoms with Gasteiger partial charge in [0.05, 0.1) is 17.8 Å². The number of rotatable bonds is 8. The molecule has 0 amide bonds. The summed E-state index contributed by atoms with van der Waals surface area (Å²) in [5, 5.41) is 17.0. The SMILES string of the molecule is CCC(CC)n1ccc(CNCCC(C)O)n1. The van der Waals surface area contributed by atoms with Crippen molar-refractivity contribution in [1.82, 2.24) is 15.1 Å². The minimum Gasteiger partial charge on any atom is -0.393 e. The van der Waals surface area contributed by atoms with Crippen LogP contribution in [0.25, 0.3) is 0 Å². The quantitative estimate of drug-likeness (QED) is 0.683. The Bertz CT molecular complexity index is 305. The van der Waals surface area contributed by atoms with Gasteiger partial charge in [-0.2, -0.15) is 5.10 Å². The van der Waals surface area contributed by atoms with Crippen LogP contribution in [0.2, 0.25) is 0 Å². The molecule has 0 spiro atoms. The van der Waals surface area contributed by atoms with Gasteiger partial charge in [0.15, 0.2) is 0 Å². The van der Waals surface area contributed by atoms with Crippen molar-refractivity contribution in [3.8, 4) is 0 Å². The highest BCUT2D eigenvalue weighted by atomic mass is 16.3. The van der Waals surface area contributed by atoms with Crippen LogP contribution in [0.3, 0.4) is 0 Å². The molecule has 2 N–H and O–H groups in total. The number of aliphatic hydroxyl groups excluding tert-OH is 1. The van der Waals surface area contributed by atoms with Crippen LogP contribution in [0.15, 0.2) is 12.3 Å². The van der Waals surface area contributed by atoms with E-state index in [-0.39, 0.29) is 6.10 Å². The zero-order chi connectivity index (χ0) is 12.7. The zero-order valence-corrected chi connectivity index (χ0v) is 11.2. The first kappa shape index (κ1) is 14.2. The first-order valence-corrected chi connectivity index (χ1v) is 6.60. The second-order valence-corrected chi connectivity index (χ2v) is 4.57. The highest BCUT2D eigenvalue weighted by Gasteiger charge is 2.07. The third kappa shape index (κ3) is 4.88. The van der Waals surface area contributed by atoms with Crippen LogP contribution in [-0.2, 0) is 6.54 Å². The second kappa shape index (κ2) is 7.45. The number of hydrogen-bond acceptors (Lipinski definition) is 3. The largest absolute Gasteiger partial charge is 0.393 e. The van der Waals surface area contributed by atoms with Crippen molar-refractivity contribution >= 4 is 0 Å². The van der Waals surface area contributed by atoms with E-state index >= 15 is 0 Å². The molecule has 17 heavy (non-hydrogen) atoms. The predicted octanol–water partition coefficient (Wildman–Crippen LogP) is 2.10. The molecule has 4 nitrogen and oxygen atoms in total. The highest BCUT2D eigenvalue weighted by molar-refractivity contribution is 4.99. The van der Waals surface area contributed by atoms with Crippen molar-refractivity contribution in [2.45, 2.75) is 58.7 Å². The van der Waals surface area contributed by atoms with E-state index in [2.05, 4.69) is 41.2 Å². The van der Waals surface area contributed by atoms with E-state index in [9.17, 15) is 0 Å². The highest BCUT2D eigenvalue weighted by Crippen LogP contribution is 2.14. The molecular weight excluding hydrogens is 214 g/mol. The molecular formula is C13H25N3O. The van der Waals surface area contributed by atoms with Crippen molar-refractivity contribution < 1.29 is 5.11 Å². The van der Waals surface area contributed by atoms with Crippen molar-refractivity contribution in [2.24, 2.45) is 0 Å². The van der Waals surface area contributed by atoms with E-state index in [1.807, 2.05) is 6.92 Å². The predicted molar refractivity (Wildman–Crippen MR) is 69.9 cm³/mol. The first-order valence-electron chi connectivity index (χ1n) is 6.60. The monoisotopic (exact) mass is 239 g/mol. The summed E-state index contributed by atoms with van der Waals surface area (Å²) in [6.07, 6.45) is 4.85. The normalized spacial score (nSPS) is 13.2. The van der Waals surface area contributed by atoms with E-state index in [0.717, 1.165) is 38.0 Å². The van der Waals surface area contributed by atoms with Crippen LogP contribution in [-0.4, -0.2) is 27.5 Å². The summed E-state index contributed by atoms with van der Waals surface area (Å²) in [5.41, 5.74) is 1.07. The van der Waals surface area contributed by atoms with Gasteiger partial charge in [0.25, 0.3) is 0 Å². The fourth-order valence-electron chi connectivity index (χ4n) is 1.87. The van der Waals surface area contributed by atoms with Crippen LogP contribution in [0, 0.1) is 0 Å². The van der Waals surface area contributed by atoms with Gasteiger partial charge in [0.2, 0.25) is 0 Å². The van der Waals surface area contributed by atoms with Gasteiger partial charge in [-0.1, -0.05) is 13.8 Å². The Labute approximate surface area is 104 Å². The zero-order valence-electron chi connectivity index (χ0n) is 11.2. The van der Waals surface area contributed by atoms with Crippen LogP contribution in [0.1, 0.15) is 51.8 Å². The number of nitrogens with one attached hydrogen (secondary N) is 1. The molecule has 1 heterocycles. The molecule has 0 bridgehead atoms. The van der Waals surface area contributed by atoms with Gasteiger partial charge in [-0.15, -0.1) is 0 Å². The molecule has 1 aromatic rings. The molecule has 0 saturated carbocycles. The lowest BCUT2D eigenvalue weighted by atomic mass is 10.2. The minimum absolute atomic E-state index is 0.232. The van der Waals surface area contributed by atoms with E-state index < -0.39 is 0 Å². The van der Waals surface area contributed by atoms with Crippen LogP contribution in [0.4, 0.5) is 0 Å². The average molecular weight is 239 g/mol. The Balaban J connectivity index is 2.35. The summed E-state index contributed by atoms with van der Waals surface area (Å²) in [5.74, 6) is 0.